The van der Waals surface area contributed by atoms with Gasteiger partial charge in [0, 0.05) is 105 Å². The van der Waals surface area contributed by atoms with Gasteiger partial charge in [-0.1, -0.05) is 60.5 Å². The molecule has 0 bridgehead atoms. The van der Waals surface area contributed by atoms with Crippen LogP contribution in [-0.4, -0.2) is 184 Å². The first-order valence-electron chi connectivity index (χ1n) is 37.9. The summed E-state index contributed by atoms with van der Waals surface area (Å²) in [6.07, 6.45) is 2.46. The highest BCUT2D eigenvalue weighted by molar-refractivity contribution is 5.99. The Morgan fingerprint density at radius 1 is 0.500 bits per heavy atom. The van der Waals surface area contributed by atoms with E-state index in [0.29, 0.717) is 63.6 Å². The van der Waals surface area contributed by atoms with Crippen LogP contribution in [0.3, 0.4) is 0 Å². The molecule has 1 heterocycles. The number of nitrogens with one attached hydrogen (secondary N) is 7. The fourth-order valence-electron chi connectivity index (χ4n) is 12.6. The fraction of sp³-hybridized carbons (Fsp3) is 0.743. The van der Waals surface area contributed by atoms with Crippen LogP contribution in [0.1, 0.15) is 215 Å². The lowest BCUT2D eigenvalue weighted by Crippen LogP contribution is -2.52. The van der Waals surface area contributed by atoms with Crippen molar-refractivity contribution in [3.8, 4) is 0 Å². The quantitative estimate of drug-likeness (QED) is 0.0243. The number of carbonyl (C=O) groups excluding carboxylic acids is 13. The molecule has 32 heteroatoms. The van der Waals surface area contributed by atoms with E-state index in [1.807, 2.05) is 34.6 Å². The van der Waals surface area contributed by atoms with Gasteiger partial charge in [-0.15, -0.1) is 0 Å². The number of imidazole rings is 1. The minimum Gasteiger partial charge on any atom is -0.402 e. The lowest BCUT2D eigenvalue weighted by molar-refractivity contribution is -0.138. The molecule has 0 unspecified atom stereocenters. The molecule has 0 aliphatic carbocycles. The third kappa shape index (κ3) is 38.6. The van der Waals surface area contributed by atoms with Crippen molar-refractivity contribution < 1.29 is 72.5 Å². The minimum absolute atomic E-state index is 0.0325. The van der Waals surface area contributed by atoms with Gasteiger partial charge in [0.1, 0.15) is 6.04 Å². The van der Waals surface area contributed by atoms with Crippen LogP contribution in [0.15, 0.2) is 29.8 Å². The summed E-state index contributed by atoms with van der Waals surface area (Å²) < 4.78 is 0. The van der Waals surface area contributed by atoms with Gasteiger partial charge >= 0.3 is 0 Å². The van der Waals surface area contributed by atoms with Crippen molar-refractivity contribution in [3.63, 3.8) is 0 Å². The first-order chi connectivity index (χ1) is 50.0. The summed E-state index contributed by atoms with van der Waals surface area (Å²) in [5, 5.41) is 37.8. The summed E-state index contributed by atoms with van der Waals surface area (Å²) in [5.41, 5.74) is 46.7. The number of guanidine groups is 1. The van der Waals surface area contributed by atoms with Crippen molar-refractivity contribution in [3.05, 3.63) is 30.5 Å². The number of allylic oxidation sites excluding steroid dienone is 1. The van der Waals surface area contributed by atoms with E-state index in [0.717, 1.165) is 12.8 Å². The molecular weight excluding hydrogens is 1370 g/mol. The number of H-pyrrole nitrogens is 1. The van der Waals surface area contributed by atoms with Crippen molar-refractivity contribution >= 4 is 82.0 Å². The third-order valence-corrected chi connectivity index (χ3v) is 19.1. The van der Waals surface area contributed by atoms with Crippen LogP contribution in [-0.2, 0) is 68.7 Å². The summed E-state index contributed by atoms with van der Waals surface area (Å²) >= 11 is 0. The van der Waals surface area contributed by atoms with Crippen LogP contribution < -0.4 is 77.8 Å². The number of aromatic amines is 1. The summed E-state index contributed by atoms with van der Waals surface area (Å²) in [6, 6.07) is -6.55. The largest absolute Gasteiger partial charge is 0.402 e. The predicted molar refractivity (Wildman–Crippen MR) is 404 cm³/mol. The molecule has 1 aromatic heterocycles. The monoisotopic (exact) mass is 1500 g/mol. The van der Waals surface area contributed by atoms with Gasteiger partial charge in [-0.25, -0.2) is 4.98 Å². The Kier molecular flexibility index (Phi) is 48.0. The summed E-state index contributed by atoms with van der Waals surface area (Å²) in [5.74, 6) is -15.4. The fourth-order valence-corrected chi connectivity index (χ4v) is 12.6. The molecule has 32 nitrogen and oxygen atoms in total. The molecule has 0 aliphatic rings. The maximum absolute atomic E-state index is 14.8. The third-order valence-electron chi connectivity index (χ3n) is 19.1. The van der Waals surface area contributed by atoms with Gasteiger partial charge in [0.2, 0.25) is 41.4 Å². The van der Waals surface area contributed by atoms with Crippen molar-refractivity contribution in [1.29, 1.82) is 0 Å². The second-order valence-corrected chi connectivity index (χ2v) is 29.1. The van der Waals surface area contributed by atoms with E-state index in [4.69, 9.17) is 45.9 Å². The molecule has 602 valence electrons. The Labute approximate surface area is 626 Å². The van der Waals surface area contributed by atoms with Gasteiger partial charge in [0.25, 0.3) is 0 Å². The molecule has 1 aromatic rings. The number of carbonyl (C=O) groups is 13. The van der Waals surface area contributed by atoms with Crippen LogP contribution >= 0.6 is 0 Å². The lowest BCUT2D eigenvalue weighted by atomic mass is 9.85. The van der Waals surface area contributed by atoms with Crippen molar-refractivity contribution in [2.24, 2.45) is 104 Å². The normalized spacial score (nSPS) is 15.4. The zero-order valence-electron chi connectivity index (χ0n) is 64.2. The number of hydrogen-bond donors (Lipinski definition) is 17. The minimum atomic E-state index is -1.43. The number of aliphatic imine (C=N–C) groups is 1. The second kappa shape index (κ2) is 53.0. The zero-order chi connectivity index (χ0) is 80.2. The SMILES string of the molecule is C=C(N)[C@@H](CC(=O)[C@@H](NC(=O)[C@@H](CC(=O)[C@H](CCCCN)NC(=O)[C@@H](CC(=O)[C@H](C)NC(=O)[C@H](CCCCN)CC(=O)[C@H](CCCN=C(N)N)NC(=O)[C@H](CCCCN)CC(=O)[C@H](CCC(N)=O)NC(=O)[C@@H](CC(=O)CNC(=O)[C@@H](CC)CCCCN)Cc1cnc[nH]1)CC(C)C)[C@@H](C)O)[C@@H](C)O)C(C)C. The van der Waals surface area contributed by atoms with E-state index in [9.17, 15) is 72.5 Å². The number of aromatic nitrogens is 2. The molecule has 0 fully saturated rings. The summed E-state index contributed by atoms with van der Waals surface area (Å²) in [7, 11) is 0. The topological polar surface area (TPSA) is 584 Å². The van der Waals surface area contributed by atoms with E-state index >= 15 is 0 Å². The molecule has 0 radical (unpaired) electrons. The van der Waals surface area contributed by atoms with E-state index in [2.05, 4.69) is 53.4 Å². The molecule has 0 aromatic carbocycles. The molecule has 0 saturated heterocycles. The Hall–Kier alpha value is -7.91. The number of Topliss-reactive ketones (excluding diaryl/α,β-unsaturated/α-hetero) is 6. The molecule has 14 atom stereocenters. The Morgan fingerprint density at radius 2 is 0.962 bits per heavy atom. The van der Waals surface area contributed by atoms with Crippen LogP contribution in [0.2, 0.25) is 0 Å². The molecule has 0 spiro atoms. The highest BCUT2D eigenvalue weighted by atomic mass is 16.3. The zero-order valence-corrected chi connectivity index (χ0v) is 64.2. The first kappa shape index (κ1) is 96.1. The Morgan fingerprint density at radius 3 is 1.42 bits per heavy atom. The van der Waals surface area contributed by atoms with Gasteiger partial charge < -0.3 is 93.0 Å². The van der Waals surface area contributed by atoms with Crippen molar-refractivity contribution in [2.45, 2.75) is 258 Å². The van der Waals surface area contributed by atoms with Crippen LogP contribution in [0, 0.1) is 53.3 Å². The molecule has 0 aliphatic heterocycles. The van der Waals surface area contributed by atoms with Crippen LogP contribution in [0.5, 0.6) is 0 Å². The number of hydrogen-bond acceptors (Lipinski definition) is 22. The van der Waals surface area contributed by atoms with Crippen molar-refractivity contribution in [2.75, 3.05) is 39.3 Å². The average Bonchev–Trinajstić information content (AvgIpc) is 0.938. The number of nitrogens with two attached hydrogens (primary N) is 8. The maximum Gasteiger partial charge on any atom is 0.226 e. The molecule has 1 rings (SSSR count). The van der Waals surface area contributed by atoms with Gasteiger partial charge in [-0.2, -0.15) is 0 Å². The summed E-state index contributed by atoms with van der Waals surface area (Å²) in [4.78, 5) is 193. The maximum atomic E-state index is 14.8. The number of primary amides is 1. The predicted octanol–water partition coefficient (Wildman–Crippen LogP) is 0.762. The standard InChI is InChI=1S/C74H131N17O15/c1-10-49(20-11-15-27-75)68(101)85-41-55(94)34-53(33-54-40-83-42-86-54)72(105)90-60(25-26-66(80)100)63(97)36-51(22-13-17-29-77)70(103)88-59(24-19-31-84-74(81)82)62(96)35-50(21-12-16-28-76)69(102)87-46(7)61(95)37-52(32-43(2)3)71(104)89-58(23-14-18-30-78)64(98)39-57(47(8)92)73(106)91-67(48(9)93)65(99)38-56(44(4)5)45(6)79/h40,42-44,46-53,56-60,67,92-93H,6,10-39,41,75-79H2,1-5,7-9H3,(H2,80,100)(H,83,86)(H,85,101)(H,87,102)(H,88,103)(H,89,104)(H,90,105)(H,91,106)(H4,81,82,84)/t46-,47+,48+,49-,50+,51+,52+,53+,56-,57-,58-,59-,60-,67-/m0/s1. The smallest absolute Gasteiger partial charge is 0.226 e. The van der Waals surface area contributed by atoms with E-state index in [-0.39, 0.29) is 139 Å². The molecule has 25 N–H and O–H groups in total. The van der Waals surface area contributed by atoms with Gasteiger partial charge in [0.15, 0.2) is 40.7 Å². The van der Waals surface area contributed by atoms with Gasteiger partial charge in [-0.3, -0.25) is 67.3 Å². The van der Waals surface area contributed by atoms with Crippen LogP contribution in [0.25, 0.3) is 0 Å². The van der Waals surface area contributed by atoms with E-state index < -0.39 is 174 Å². The van der Waals surface area contributed by atoms with E-state index in [1.54, 1.807) is 0 Å². The number of nitrogens with zero attached hydrogens (tertiary/aromatic N) is 2. The molecule has 7 amide bonds. The highest BCUT2D eigenvalue weighted by Crippen LogP contribution is 2.26. The van der Waals surface area contributed by atoms with Crippen LogP contribution in [0.4, 0.5) is 0 Å². The number of aliphatic hydroxyl groups is 2. The van der Waals surface area contributed by atoms with Gasteiger partial charge in [-0.05, 0) is 149 Å². The number of rotatable bonds is 62. The molecule has 106 heavy (non-hydrogen) atoms. The van der Waals surface area contributed by atoms with E-state index in [1.165, 1.54) is 33.3 Å². The second-order valence-electron chi connectivity index (χ2n) is 29.1. The average molecular weight is 1500 g/mol. The highest BCUT2D eigenvalue weighted by Gasteiger charge is 2.39. The van der Waals surface area contributed by atoms with Gasteiger partial charge in [0.05, 0.1) is 61.1 Å². The molecular formula is C74H131N17O15. The first-order valence-corrected chi connectivity index (χ1v) is 37.9. The van der Waals surface area contributed by atoms with Crippen molar-refractivity contribution in [1.82, 2.24) is 41.9 Å². The Bertz CT molecular complexity index is 2960. The number of ketones is 6. The Balaban J connectivity index is 3.63. The lowest BCUT2D eigenvalue weighted by Gasteiger charge is -2.28. The number of aliphatic hydroxyl groups excluding tert-OH is 2. The summed E-state index contributed by atoms with van der Waals surface area (Å²) in [6.45, 7) is 17.9. The number of unbranched alkanes of at least 4 members (excludes halogenated alkanes) is 4. The number of amides is 7. The molecule has 0 saturated carbocycles.